The van der Waals surface area contributed by atoms with Crippen LogP contribution >= 0.6 is 0 Å². The van der Waals surface area contributed by atoms with E-state index in [0.717, 1.165) is 11.8 Å². The van der Waals surface area contributed by atoms with Crippen LogP contribution in [0.15, 0.2) is 22.3 Å². The average molecular weight is 327 g/mol. The molecule has 0 radical (unpaired) electrons. The Kier molecular flexibility index (Phi) is 5.81. The molecular formula is C24H38. The summed E-state index contributed by atoms with van der Waals surface area (Å²) in [4.78, 5) is 0. The second-order valence-electron chi connectivity index (χ2n) is 9.21. The molecule has 0 amide bonds. The molecule has 4 aliphatic rings. The van der Waals surface area contributed by atoms with Gasteiger partial charge in [-0.15, -0.1) is 0 Å². The first-order valence-corrected chi connectivity index (χ1v) is 11.3. The first-order chi connectivity index (χ1) is 11.9. The van der Waals surface area contributed by atoms with E-state index in [1.165, 1.54) is 116 Å². The highest BCUT2D eigenvalue weighted by molar-refractivity contribution is 5.19. The third kappa shape index (κ3) is 4.00. The molecule has 4 saturated carbocycles. The normalized spacial score (nSPS) is 33.0. The van der Waals surface area contributed by atoms with Crippen molar-refractivity contribution in [2.45, 2.75) is 116 Å². The maximum atomic E-state index is 1.91. The summed E-state index contributed by atoms with van der Waals surface area (Å²) in [5, 5.41) is 0. The van der Waals surface area contributed by atoms with E-state index < -0.39 is 0 Å². The van der Waals surface area contributed by atoms with Gasteiger partial charge in [0.1, 0.15) is 0 Å². The van der Waals surface area contributed by atoms with Gasteiger partial charge in [0.05, 0.1) is 0 Å². The molecule has 0 saturated heterocycles. The van der Waals surface area contributed by atoms with Gasteiger partial charge in [0.25, 0.3) is 0 Å². The Morgan fingerprint density at radius 3 is 0.958 bits per heavy atom. The molecule has 0 heteroatoms. The van der Waals surface area contributed by atoms with Gasteiger partial charge in [0.2, 0.25) is 0 Å². The van der Waals surface area contributed by atoms with Gasteiger partial charge >= 0.3 is 0 Å². The lowest BCUT2D eigenvalue weighted by Gasteiger charge is -2.36. The first kappa shape index (κ1) is 16.9. The molecule has 0 bridgehead atoms. The molecule has 0 atom stereocenters. The summed E-state index contributed by atoms with van der Waals surface area (Å²) in [7, 11) is 0. The maximum absolute atomic E-state index is 1.91. The SMILES string of the molecule is C1CCC(=C2CCC(C3CCC(=C4CCCCC4)CC3)CC2)CC1. The average Bonchev–Trinajstić information content (AvgIpc) is 2.70. The summed E-state index contributed by atoms with van der Waals surface area (Å²) in [5.74, 6) is 2.13. The van der Waals surface area contributed by atoms with E-state index in [0.29, 0.717) is 0 Å². The van der Waals surface area contributed by atoms with Crippen molar-refractivity contribution in [2.24, 2.45) is 11.8 Å². The fourth-order valence-corrected chi connectivity index (χ4v) is 6.29. The van der Waals surface area contributed by atoms with Crippen LogP contribution < -0.4 is 0 Å². The Morgan fingerprint density at radius 1 is 0.333 bits per heavy atom. The molecule has 4 aliphatic carbocycles. The molecule has 0 nitrogen and oxygen atoms in total. The fraction of sp³-hybridized carbons (Fsp3) is 0.833. The molecule has 0 spiro atoms. The lowest BCUT2D eigenvalue weighted by Crippen LogP contribution is -2.22. The molecule has 0 N–H and O–H groups in total. The van der Waals surface area contributed by atoms with E-state index in [-0.39, 0.29) is 0 Å². The predicted molar refractivity (Wildman–Crippen MR) is 104 cm³/mol. The fourth-order valence-electron chi connectivity index (χ4n) is 6.29. The summed E-state index contributed by atoms with van der Waals surface area (Å²) >= 11 is 0. The molecule has 0 unspecified atom stereocenters. The van der Waals surface area contributed by atoms with Crippen LogP contribution in [0.2, 0.25) is 0 Å². The molecule has 24 heavy (non-hydrogen) atoms. The van der Waals surface area contributed by atoms with Crippen molar-refractivity contribution in [3.63, 3.8) is 0 Å². The van der Waals surface area contributed by atoms with Gasteiger partial charge in [-0.2, -0.15) is 0 Å². The Balaban J connectivity index is 1.28. The predicted octanol–water partition coefficient (Wildman–Crippen LogP) is 7.89. The lowest BCUT2D eigenvalue weighted by molar-refractivity contribution is 0.228. The van der Waals surface area contributed by atoms with Gasteiger partial charge in [0, 0.05) is 0 Å². The minimum absolute atomic E-state index is 1.07. The smallest absolute Gasteiger partial charge is 0.0315 e. The number of hydrogen-bond donors (Lipinski definition) is 0. The van der Waals surface area contributed by atoms with Crippen molar-refractivity contribution in [3.05, 3.63) is 22.3 Å². The van der Waals surface area contributed by atoms with Crippen molar-refractivity contribution in [1.29, 1.82) is 0 Å². The van der Waals surface area contributed by atoms with E-state index >= 15 is 0 Å². The molecule has 0 aromatic heterocycles. The highest BCUT2D eigenvalue weighted by atomic mass is 14.3. The summed E-state index contributed by atoms with van der Waals surface area (Å²) in [6, 6.07) is 0. The van der Waals surface area contributed by atoms with Crippen molar-refractivity contribution < 1.29 is 0 Å². The van der Waals surface area contributed by atoms with Gasteiger partial charge in [-0.05, 0) is 115 Å². The molecule has 0 aliphatic heterocycles. The van der Waals surface area contributed by atoms with Crippen LogP contribution in [0.5, 0.6) is 0 Å². The van der Waals surface area contributed by atoms with Crippen molar-refractivity contribution >= 4 is 0 Å². The van der Waals surface area contributed by atoms with Gasteiger partial charge < -0.3 is 0 Å². The minimum Gasteiger partial charge on any atom is -0.0710 e. The second-order valence-corrected chi connectivity index (χ2v) is 9.21. The Labute approximate surface area is 150 Å². The van der Waals surface area contributed by atoms with Crippen LogP contribution in [0.1, 0.15) is 116 Å². The minimum atomic E-state index is 1.07. The Hall–Kier alpha value is -0.520. The summed E-state index contributed by atoms with van der Waals surface area (Å²) < 4.78 is 0. The van der Waals surface area contributed by atoms with Crippen LogP contribution in [0.3, 0.4) is 0 Å². The van der Waals surface area contributed by atoms with Gasteiger partial charge in [-0.3, -0.25) is 0 Å². The maximum Gasteiger partial charge on any atom is -0.0315 e. The van der Waals surface area contributed by atoms with Gasteiger partial charge in [-0.25, -0.2) is 0 Å². The topological polar surface area (TPSA) is 0 Å². The van der Waals surface area contributed by atoms with E-state index in [1.54, 1.807) is 0 Å². The number of allylic oxidation sites excluding steroid dienone is 4. The van der Waals surface area contributed by atoms with E-state index in [2.05, 4.69) is 0 Å². The molecule has 0 aromatic carbocycles. The van der Waals surface area contributed by atoms with Crippen LogP contribution in [0, 0.1) is 11.8 Å². The van der Waals surface area contributed by atoms with Crippen molar-refractivity contribution in [1.82, 2.24) is 0 Å². The lowest BCUT2D eigenvalue weighted by atomic mass is 9.69. The van der Waals surface area contributed by atoms with Crippen molar-refractivity contribution in [3.8, 4) is 0 Å². The Bertz CT molecular complexity index is 410. The Morgan fingerprint density at radius 2 is 0.625 bits per heavy atom. The molecular weight excluding hydrogens is 288 g/mol. The molecule has 134 valence electrons. The van der Waals surface area contributed by atoms with E-state index in [4.69, 9.17) is 0 Å². The zero-order valence-corrected chi connectivity index (χ0v) is 15.9. The zero-order valence-electron chi connectivity index (χ0n) is 15.9. The van der Waals surface area contributed by atoms with Crippen molar-refractivity contribution in [2.75, 3.05) is 0 Å². The number of rotatable bonds is 1. The third-order valence-corrected chi connectivity index (χ3v) is 7.85. The van der Waals surface area contributed by atoms with Crippen LogP contribution in [-0.2, 0) is 0 Å². The van der Waals surface area contributed by atoms with Crippen LogP contribution in [-0.4, -0.2) is 0 Å². The summed E-state index contributed by atoms with van der Waals surface area (Å²) in [6.45, 7) is 0. The third-order valence-electron chi connectivity index (χ3n) is 7.85. The van der Waals surface area contributed by atoms with Gasteiger partial charge in [-0.1, -0.05) is 35.1 Å². The molecule has 0 heterocycles. The first-order valence-electron chi connectivity index (χ1n) is 11.3. The largest absolute Gasteiger partial charge is 0.0710 e. The standard InChI is InChI=1S/C24H38/c1-3-7-19(8-4-1)21-11-15-23(16-12-21)24-17-13-22(14-18-24)20-9-5-2-6-10-20/h23-24H,1-18H2. The number of hydrogen-bond acceptors (Lipinski definition) is 0. The van der Waals surface area contributed by atoms with E-state index in [1.807, 2.05) is 22.3 Å². The van der Waals surface area contributed by atoms with Crippen LogP contribution in [0.4, 0.5) is 0 Å². The molecule has 4 fully saturated rings. The molecule has 0 aromatic rings. The van der Waals surface area contributed by atoms with E-state index in [9.17, 15) is 0 Å². The monoisotopic (exact) mass is 326 g/mol. The highest BCUT2D eigenvalue weighted by Gasteiger charge is 2.29. The molecule has 4 rings (SSSR count). The summed E-state index contributed by atoms with van der Waals surface area (Å²) in [6.07, 6.45) is 26.6. The summed E-state index contributed by atoms with van der Waals surface area (Å²) in [5.41, 5.74) is 7.61. The second kappa shape index (κ2) is 8.24. The van der Waals surface area contributed by atoms with Crippen LogP contribution in [0.25, 0.3) is 0 Å². The quantitative estimate of drug-likeness (QED) is 0.430. The van der Waals surface area contributed by atoms with Gasteiger partial charge in [0.15, 0.2) is 0 Å². The highest BCUT2D eigenvalue weighted by Crippen LogP contribution is 2.44. The zero-order chi connectivity index (χ0) is 16.2.